The zero-order chi connectivity index (χ0) is 13.6. The third-order valence-corrected chi connectivity index (χ3v) is 4.63. The molecule has 1 rings (SSSR count). The van der Waals surface area contributed by atoms with Crippen molar-refractivity contribution in [2.24, 2.45) is 0 Å². The summed E-state index contributed by atoms with van der Waals surface area (Å²) in [5.41, 5.74) is 0. The topological polar surface area (TPSA) is 37.4 Å². The van der Waals surface area contributed by atoms with Crippen molar-refractivity contribution in [3.05, 3.63) is 30.1 Å². The molecule has 102 valence electrons. The minimum Gasteiger partial charge on any atom is -0.207 e. The van der Waals surface area contributed by atoms with E-state index in [-0.39, 0.29) is 17.3 Å². The number of alkyl halides is 1. The molecule has 1 aromatic rings. The van der Waals surface area contributed by atoms with Gasteiger partial charge in [-0.3, -0.25) is 0 Å². The van der Waals surface area contributed by atoms with Crippen LogP contribution in [0.3, 0.4) is 0 Å². The zero-order valence-electron chi connectivity index (χ0n) is 10.3. The van der Waals surface area contributed by atoms with Gasteiger partial charge in [-0.1, -0.05) is 13.3 Å². The smallest absolute Gasteiger partial charge is 0.207 e. The van der Waals surface area contributed by atoms with Crippen molar-refractivity contribution in [2.45, 2.75) is 24.7 Å². The zero-order valence-corrected chi connectivity index (χ0v) is 11.8. The van der Waals surface area contributed by atoms with E-state index in [0.29, 0.717) is 6.54 Å². The van der Waals surface area contributed by atoms with Crippen molar-refractivity contribution < 1.29 is 12.8 Å². The molecule has 0 saturated heterocycles. The van der Waals surface area contributed by atoms with Gasteiger partial charge in [-0.15, -0.1) is 11.6 Å². The van der Waals surface area contributed by atoms with E-state index in [4.69, 9.17) is 11.6 Å². The molecule has 1 aromatic carbocycles. The molecule has 0 heterocycles. The van der Waals surface area contributed by atoms with E-state index in [1.165, 1.54) is 16.4 Å². The van der Waals surface area contributed by atoms with Crippen LogP contribution < -0.4 is 0 Å². The minimum atomic E-state index is -3.57. The van der Waals surface area contributed by atoms with Crippen molar-refractivity contribution in [3.63, 3.8) is 0 Å². The number of unbranched alkanes of at least 4 members (excludes halogenated alkanes) is 1. The molecule has 0 N–H and O–H groups in total. The summed E-state index contributed by atoms with van der Waals surface area (Å²) in [5, 5.41) is 0. The molecule has 0 radical (unpaired) electrons. The Hall–Kier alpha value is -0.650. The first kappa shape index (κ1) is 15.4. The van der Waals surface area contributed by atoms with E-state index in [9.17, 15) is 12.8 Å². The molecular weight excluding hydrogens is 277 g/mol. The Morgan fingerprint density at radius 3 is 2.33 bits per heavy atom. The van der Waals surface area contributed by atoms with E-state index >= 15 is 0 Å². The lowest BCUT2D eigenvalue weighted by molar-refractivity contribution is 0.420. The van der Waals surface area contributed by atoms with Crippen LogP contribution in [0.5, 0.6) is 0 Å². The summed E-state index contributed by atoms with van der Waals surface area (Å²) in [7, 11) is -3.57. The molecule has 0 unspecified atom stereocenters. The monoisotopic (exact) mass is 293 g/mol. The molecule has 0 saturated carbocycles. The van der Waals surface area contributed by atoms with Gasteiger partial charge in [-0.05, 0) is 30.7 Å². The Labute approximate surface area is 113 Å². The second-order valence-electron chi connectivity index (χ2n) is 3.90. The lowest BCUT2D eigenvalue weighted by Crippen LogP contribution is -2.33. The summed E-state index contributed by atoms with van der Waals surface area (Å²) >= 11 is 5.63. The molecule has 0 bridgehead atoms. The summed E-state index contributed by atoms with van der Waals surface area (Å²) in [6.07, 6.45) is 1.68. The number of rotatable bonds is 7. The molecule has 18 heavy (non-hydrogen) atoms. The third kappa shape index (κ3) is 3.93. The fraction of sp³-hybridized carbons (Fsp3) is 0.500. The molecule has 3 nitrogen and oxygen atoms in total. The molecule has 0 fully saturated rings. The highest BCUT2D eigenvalue weighted by atomic mass is 35.5. The van der Waals surface area contributed by atoms with Gasteiger partial charge in [0.05, 0.1) is 4.90 Å². The fourth-order valence-electron chi connectivity index (χ4n) is 1.54. The maximum absolute atomic E-state index is 12.8. The molecule has 0 aromatic heterocycles. The molecule has 0 aliphatic carbocycles. The first-order valence-electron chi connectivity index (χ1n) is 5.84. The summed E-state index contributed by atoms with van der Waals surface area (Å²) < 4.78 is 38.7. The molecule has 0 aliphatic heterocycles. The van der Waals surface area contributed by atoms with Crippen LogP contribution in [0.2, 0.25) is 0 Å². The molecular formula is C12H17ClFNO2S. The van der Waals surface area contributed by atoms with Gasteiger partial charge in [0.15, 0.2) is 0 Å². The molecule has 0 spiro atoms. The average Bonchev–Trinajstić information content (AvgIpc) is 2.35. The van der Waals surface area contributed by atoms with Gasteiger partial charge in [0.1, 0.15) is 5.82 Å². The van der Waals surface area contributed by atoms with Crippen LogP contribution in [-0.2, 0) is 10.0 Å². The van der Waals surface area contributed by atoms with Gasteiger partial charge in [0, 0.05) is 19.0 Å². The summed E-state index contributed by atoms with van der Waals surface area (Å²) in [4.78, 5) is 0.102. The van der Waals surface area contributed by atoms with Crippen LogP contribution in [0.25, 0.3) is 0 Å². The fourth-order valence-corrected chi connectivity index (χ4v) is 3.32. The Morgan fingerprint density at radius 1 is 1.22 bits per heavy atom. The SMILES string of the molecule is CCCCN(CCCl)S(=O)(=O)c1ccc(F)cc1. The predicted molar refractivity (Wildman–Crippen MR) is 70.8 cm³/mol. The lowest BCUT2D eigenvalue weighted by atomic mass is 10.3. The Bertz CT molecular complexity index is 461. The summed E-state index contributed by atoms with van der Waals surface area (Å²) in [5.74, 6) is -0.212. The Balaban J connectivity index is 2.96. The quantitative estimate of drug-likeness (QED) is 0.725. The van der Waals surface area contributed by atoms with E-state index in [1.807, 2.05) is 6.92 Å². The number of benzene rings is 1. The van der Waals surface area contributed by atoms with E-state index < -0.39 is 15.8 Å². The average molecular weight is 294 g/mol. The number of hydrogen-bond acceptors (Lipinski definition) is 2. The lowest BCUT2D eigenvalue weighted by Gasteiger charge is -2.20. The van der Waals surface area contributed by atoms with Crippen molar-refractivity contribution in [2.75, 3.05) is 19.0 Å². The van der Waals surface area contributed by atoms with Crippen molar-refractivity contribution in [1.29, 1.82) is 0 Å². The maximum atomic E-state index is 12.8. The number of hydrogen-bond donors (Lipinski definition) is 0. The van der Waals surface area contributed by atoms with Crippen LogP contribution in [0.15, 0.2) is 29.2 Å². The van der Waals surface area contributed by atoms with E-state index in [1.54, 1.807) is 0 Å². The highest BCUT2D eigenvalue weighted by molar-refractivity contribution is 7.89. The van der Waals surface area contributed by atoms with Crippen molar-refractivity contribution >= 4 is 21.6 Å². The summed E-state index contributed by atoms with van der Waals surface area (Å²) in [6, 6.07) is 4.84. The van der Waals surface area contributed by atoms with Crippen LogP contribution >= 0.6 is 11.6 Å². The van der Waals surface area contributed by atoms with Crippen molar-refractivity contribution in [1.82, 2.24) is 4.31 Å². The van der Waals surface area contributed by atoms with Gasteiger partial charge in [0.2, 0.25) is 10.0 Å². The number of sulfonamides is 1. The van der Waals surface area contributed by atoms with Gasteiger partial charge < -0.3 is 0 Å². The van der Waals surface area contributed by atoms with Crippen LogP contribution in [-0.4, -0.2) is 31.7 Å². The second-order valence-corrected chi connectivity index (χ2v) is 6.22. The predicted octanol–water partition coefficient (Wildman–Crippen LogP) is 2.86. The Kier molecular flexibility index (Phi) is 6.05. The maximum Gasteiger partial charge on any atom is 0.243 e. The van der Waals surface area contributed by atoms with Crippen LogP contribution in [0.4, 0.5) is 4.39 Å². The largest absolute Gasteiger partial charge is 0.243 e. The van der Waals surface area contributed by atoms with Gasteiger partial charge in [0.25, 0.3) is 0 Å². The first-order valence-corrected chi connectivity index (χ1v) is 7.81. The normalized spacial score (nSPS) is 12.0. The molecule has 6 heteroatoms. The highest BCUT2D eigenvalue weighted by Gasteiger charge is 2.23. The molecule has 0 aliphatic rings. The van der Waals surface area contributed by atoms with E-state index in [2.05, 4.69) is 0 Å². The van der Waals surface area contributed by atoms with Crippen LogP contribution in [0.1, 0.15) is 19.8 Å². The first-order chi connectivity index (χ1) is 8.52. The molecule has 0 atom stereocenters. The van der Waals surface area contributed by atoms with Crippen molar-refractivity contribution in [3.8, 4) is 0 Å². The van der Waals surface area contributed by atoms with Gasteiger partial charge in [-0.25, -0.2) is 12.8 Å². The Morgan fingerprint density at radius 2 is 1.83 bits per heavy atom. The highest BCUT2D eigenvalue weighted by Crippen LogP contribution is 2.16. The molecule has 0 amide bonds. The van der Waals surface area contributed by atoms with Gasteiger partial charge in [-0.2, -0.15) is 4.31 Å². The third-order valence-electron chi connectivity index (χ3n) is 2.55. The second kappa shape index (κ2) is 7.07. The minimum absolute atomic E-state index is 0.102. The number of halogens is 2. The standard InChI is InChI=1S/C12H17ClFNO2S/c1-2-3-9-15(10-8-13)18(16,17)12-6-4-11(14)5-7-12/h4-7H,2-3,8-10H2,1H3. The summed E-state index contributed by atoms with van der Waals surface area (Å²) in [6.45, 7) is 2.69. The van der Waals surface area contributed by atoms with Crippen LogP contribution in [0, 0.1) is 5.82 Å². The van der Waals surface area contributed by atoms with Gasteiger partial charge >= 0.3 is 0 Å². The number of nitrogens with zero attached hydrogens (tertiary/aromatic N) is 1. The van der Waals surface area contributed by atoms with E-state index in [0.717, 1.165) is 25.0 Å².